The summed E-state index contributed by atoms with van der Waals surface area (Å²) in [5, 5.41) is 0.0742. The van der Waals surface area contributed by atoms with Crippen LogP contribution in [-0.4, -0.2) is 25.7 Å². The van der Waals surface area contributed by atoms with Gasteiger partial charge in [0.2, 0.25) is 5.29 Å². The van der Waals surface area contributed by atoms with E-state index in [0.29, 0.717) is 18.6 Å². The molecule has 70 valence electrons. The van der Waals surface area contributed by atoms with Crippen molar-refractivity contribution in [3.63, 3.8) is 0 Å². The molecule has 0 N–H and O–H groups in total. The van der Waals surface area contributed by atoms with Crippen LogP contribution in [0, 0.1) is 12.3 Å². The second-order valence-corrected chi connectivity index (χ2v) is 2.44. The third-order valence-corrected chi connectivity index (χ3v) is 1.44. The van der Waals surface area contributed by atoms with Crippen LogP contribution in [0.15, 0.2) is 21.8 Å². The molecule has 0 radical (unpaired) electrons. The average molecular weight is 199 g/mol. The first-order valence-corrected chi connectivity index (χ1v) is 3.97. The van der Waals surface area contributed by atoms with Gasteiger partial charge in [0.05, 0.1) is 6.61 Å². The normalized spacial score (nSPS) is 12.4. The summed E-state index contributed by atoms with van der Waals surface area (Å²) in [6.45, 7) is 3.77. The summed E-state index contributed by atoms with van der Waals surface area (Å²) in [7, 11) is 1.61. The molecule has 0 saturated heterocycles. The standard InChI is InChI=1S/C9H11ClN2O/c1-4-8(5-6-13-3)7-12-9(10)11-2/h1,7H,2,5-6H2,3H3/b8-7-,12-9?. The van der Waals surface area contributed by atoms with Crippen LogP contribution in [0.4, 0.5) is 0 Å². The van der Waals surface area contributed by atoms with Crippen molar-refractivity contribution in [3.05, 3.63) is 11.8 Å². The molecule has 0 unspecified atom stereocenters. The maximum Gasteiger partial charge on any atom is 0.221 e. The highest BCUT2D eigenvalue weighted by atomic mass is 35.5. The second kappa shape index (κ2) is 7.53. The van der Waals surface area contributed by atoms with Crippen LogP contribution in [0.3, 0.4) is 0 Å². The van der Waals surface area contributed by atoms with Gasteiger partial charge in [-0.3, -0.25) is 0 Å². The van der Waals surface area contributed by atoms with E-state index in [4.69, 9.17) is 22.8 Å². The van der Waals surface area contributed by atoms with E-state index in [2.05, 4.69) is 22.6 Å². The minimum Gasteiger partial charge on any atom is -0.384 e. The van der Waals surface area contributed by atoms with E-state index in [0.717, 1.165) is 0 Å². The van der Waals surface area contributed by atoms with Crippen LogP contribution in [-0.2, 0) is 4.74 Å². The number of hydrogen-bond donors (Lipinski definition) is 0. The van der Waals surface area contributed by atoms with Crippen molar-refractivity contribution in [1.82, 2.24) is 0 Å². The number of nitrogens with zero attached hydrogens (tertiary/aromatic N) is 2. The lowest BCUT2D eigenvalue weighted by Crippen LogP contribution is -1.90. The molecule has 0 fully saturated rings. The van der Waals surface area contributed by atoms with Crippen molar-refractivity contribution < 1.29 is 4.74 Å². The van der Waals surface area contributed by atoms with E-state index in [-0.39, 0.29) is 5.29 Å². The summed E-state index contributed by atoms with van der Waals surface area (Å²) in [6.07, 6.45) is 7.33. The topological polar surface area (TPSA) is 34.0 Å². The molecule has 0 amide bonds. The molecule has 0 aliphatic carbocycles. The van der Waals surface area contributed by atoms with E-state index in [1.807, 2.05) is 0 Å². The zero-order valence-corrected chi connectivity index (χ0v) is 8.21. The van der Waals surface area contributed by atoms with Gasteiger partial charge in [-0.25, -0.2) is 9.98 Å². The van der Waals surface area contributed by atoms with Gasteiger partial charge in [-0.1, -0.05) is 5.92 Å². The molecule has 0 aromatic heterocycles. The minimum absolute atomic E-state index is 0.0742. The third-order valence-electron chi connectivity index (χ3n) is 1.22. The summed E-state index contributed by atoms with van der Waals surface area (Å²) in [5.74, 6) is 2.47. The van der Waals surface area contributed by atoms with Gasteiger partial charge in [-0.05, 0) is 18.3 Å². The van der Waals surface area contributed by atoms with Gasteiger partial charge in [0.1, 0.15) is 0 Å². The fourth-order valence-corrected chi connectivity index (χ4v) is 0.607. The van der Waals surface area contributed by atoms with Crippen LogP contribution in [0.2, 0.25) is 0 Å². The first-order valence-electron chi connectivity index (χ1n) is 3.59. The number of halogens is 1. The van der Waals surface area contributed by atoms with Gasteiger partial charge in [-0.2, -0.15) is 0 Å². The fraction of sp³-hybridized carbons (Fsp3) is 0.333. The predicted molar refractivity (Wildman–Crippen MR) is 56.2 cm³/mol. The summed E-state index contributed by atoms with van der Waals surface area (Å²) < 4.78 is 4.85. The second-order valence-electron chi connectivity index (χ2n) is 2.10. The van der Waals surface area contributed by atoms with Crippen LogP contribution < -0.4 is 0 Å². The molecule has 0 aliphatic heterocycles. The Morgan fingerprint density at radius 3 is 2.92 bits per heavy atom. The molecule has 0 saturated carbocycles. The van der Waals surface area contributed by atoms with E-state index in [1.54, 1.807) is 7.11 Å². The Morgan fingerprint density at radius 2 is 2.46 bits per heavy atom. The van der Waals surface area contributed by atoms with Crippen LogP contribution in [0.1, 0.15) is 6.42 Å². The third kappa shape index (κ3) is 6.09. The highest BCUT2D eigenvalue weighted by Gasteiger charge is 1.91. The summed E-state index contributed by atoms with van der Waals surface area (Å²) in [4.78, 5) is 7.16. The van der Waals surface area contributed by atoms with Crippen LogP contribution in [0.25, 0.3) is 0 Å². The molecule has 0 heterocycles. The molecule has 0 aliphatic rings. The molecule has 0 atom stereocenters. The summed E-state index contributed by atoms with van der Waals surface area (Å²) in [5.41, 5.74) is 0.712. The van der Waals surface area contributed by atoms with E-state index in [1.165, 1.54) is 6.20 Å². The van der Waals surface area contributed by atoms with Crippen molar-refractivity contribution in [2.45, 2.75) is 6.42 Å². The molecule has 0 rings (SSSR count). The lowest BCUT2D eigenvalue weighted by molar-refractivity contribution is 0.203. The van der Waals surface area contributed by atoms with Gasteiger partial charge in [0.25, 0.3) is 0 Å². The lowest BCUT2D eigenvalue weighted by atomic mass is 10.2. The van der Waals surface area contributed by atoms with Crippen molar-refractivity contribution in [3.8, 4) is 12.3 Å². The number of aliphatic imine (C=N–C) groups is 2. The fourth-order valence-electron chi connectivity index (χ4n) is 0.558. The number of methoxy groups -OCH3 is 1. The number of terminal acetylenes is 1. The number of rotatable bonds is 4. The van der Waals surface area contributed by atoms with Gasteiger partial charge >= 0.3 is 0 Å². The van der Waals surface area contributed by atoms with Gasteiger partial charge in [0, 0.05) is 25.3 Å². The molecule has 4 heteroatoms. The Labute approximate surface area is 83.2 Å². The minimum atomic E-state index is 0.0742. The van der Waals surface area contributed by atoms with E-state index >= 15 is 0 Å². The van der Waals surface area contributed by atoms with Crippen molar-refractivity contribution >= 4 is 23.6 Å². The van der Waals surface area contributed by atoms with Gasteiger partial charge < -0.3 is 4.74 Å². The highest BCUT2D eigenvalue weighted by Crippen LogP contribution is 2.01. The molecule has 3 nitrogen and oxygen atoms in total. The molecule has 0 spiro atoms. The SMILES string of the molecule is C#C/C(=C/N=C(Cl)N=C)CCOC. The Hall–Kier alpha value is -1.11. The summed E-state index contributed by atoms with van der Waals surface area (Å²) >= 11 is 5.48. The molecular formula is C9H11ClN2O. The Kier molecular flexibility index (Phi) is 6.89. The average Bonchev–Trinajstić information content (AvgIpc) is 2.17. The zero-order chi connectivity index (χ0) is 10.1. The largest absolute Gasteiger partial charge is 0.384 e. The lowest BCUT2D eigenvalue weighted by Gasteiger charge is -1.96. The van der Waals surface area contributed by atoms with Crippen LogP contribution >= 0.6 is 11.6 Å². The monoisotopic (exact) mass is 198 g/mol. The Bertz CT molecular complexity index is 263. The van der Waals surface area contributed by atoms with Crippen LogP contribution in [0.5, 0.6) is 0 Å². The molecule has 0 bridgehead atoms. The van der Waals surface area contributed by atoms with Crippen molar-refractivity contribution in [1.29, 1.82) is 0 Å². The Morgan fingerprint density at radius 1 is 1.77 bits per heavy atom. The molecular weight excluding hydrogens is 188 g/mol. The number of ether oxygens (including phenoxy) is 1. The quantitative estimate of drug-likeness (QED) is 0.294. The van der Waals surface area contributed by atoms with Gasteiger partial charge in [-0.15, -0.1) is 6.42 Å². The molecule has 0 aromatic rings. The van der Waals surface area contributed by atoms with Crippen molar-refractivity contribution in [2.24, 2.45) is 9.98 Å². The Balaban J connectivity index is 4.24. The number of amidine groups is 1. The first-order chi connectivity index (χ1) is 6.24. The van der Waals surface area contributed by atoms with Crippen molar-refractivity contribution in [2.75, 3.05) is 13.7 Å². The smallest absolute Gasteiger partial charge is 0.221 e. The molecule has 13 heavy (non-hydrogen) atoms. The maximum absolute atomic E-state index is 5.48. The van der Waals surface area contributed by atoms with E-state index in [9.17, 15) is 0 Å². The summed E-state index contributed by atoms with van der Waals surface area (Å²) in [6, 6.07) is 0. The highest BCUT2D eigenvalue weighted by molar-refractivity contribution is 6.65. The zero-order valence-electron chi connectivity index (χ0n) is 7.46. The number of hydrogen-bond acceptors (Lipinski definition) is 2. The first kappa shape index (κ1) is 11.9. The predicted octanol–water partition coefficient (Wildman–Crippen LogP) is 1.84. The van der Waals surface area contributed by atoms with E-state index < -0.39 is 0 Å². The molecule has 0 aromatic carbocycles. The van der Waals surface area contributed by atoms with Gasteiger partial charge in [0.15, 0.2) is 0 Å². The maximum atomic E-state index is 5.48.